The highest BCUT2D eigenvalue weighted by Crippen LogP contribution is 2.36. The van der Waals surface area contributed by atoms with Crippen molar-refractivity contribution in [1.82, 2.24) is 9.88 Å². The Morgan fingerprint density at radius 3 is 2.91 bits per heavy atom. The number of ether oxygens (including phenoxy) is 2. The van der Waals surface area contributed by atoms with Gasteiger partial charge < -0.3 is 9.47 Å². The molecule has 2 aromatic rings. The Bertz CT molecular complexity index is 611. The second-order valence-corrected chi connectivity index (χ2v) is 7.37. The minimum absolute atomic E-state index is 0.0250. The fourth-order valence-electron chi connectivity index (χ4n) is 3.56. The summed E-state index contributed by atoms with van der Waals surface area (Å²) in [6.07, 6.45) is 5.95. The van der Waals surface area contributed by atoms with Gasteiger partial charge in [-0.15, -0.1) is 0 Å². The van der Waals surface area contributed by atoms with E-state index in [0.717, 1.165) is 39.1 Å². The molecule has 122 valence electrons. The van der Waals surface area contributed by atoms with E-state index in [4.69, 9.17) is 9.47 Å². The molecule has 0 aromatic carbocycles. The van der Waals surface area contributed by atoms with Crippen molar-refractivity contribution in [3.63, 3.8) is 0 Å². The predicted octanol–water partition coefficient (Wildman–Crippen LogP) is 3.09. The second kappa shape index (κ2) is 6.69. The number of pyridine rings is 1. The van der Waals surface area contributed by atoms with Crippen molar-refractivity contribution >= 4 is 11.3 Å². The molecule has 0 aliphatic carbocycles. The molecule has 0 bridgehead atoms. The largest absolute Gasteiger partial charge is 0.373 e. The summed E-state index contributed by atoms with van der Waals surface area (Å²) in [6.45, 7) is 4.57. The zero-order valence-electron chi connectivity index (χ0n) is 13.2. The molecule has 0 radical (unpaired) electrons. The van der Waals surface area contributed by atoms with Gasteiger partial charge in [0.25, 0.3) is 0 Å². The highest BCUT2D eigenvalue weighted by molar-refractivity contribution is 7.07. The third-order valence-electron chi connectivity index (χ3n) is 4.69. The average molecular weight is 330 g/mol. The SMILES string of the molecule is c1cc(COC2CCOC3(C2)CN(Cc2ccsc2)C3)ccn1. The summed E-state index contributed by atoms with van der Waals surface area (Å²) in [4.78, 5) is 6.51. The van der Waals surface area contributed by atoms with Crippen molar-refractivity contribution in [1.29, 1.82) is 0 Å². The molecule has 23 heavy (non-hydrogen) atoms. The van der Waals surface area contributed by atoms with Crippen LogP contribution in [0.3, 0.4) is 0 Å². The third-order valence-corrected chi connectivity index (χ3v) is 5.42. The van der Waals surface area contributed by atoms with Gasteiger partial charge in [0.1, 0.15) is 0 Å². The Balaban J connectivity index is 1.27. The molecular formula is C18H22N2O2S. The van der Waals surface area contributed by atoms with Gasteiger partial charge in [-0.25, -0.2) is 0 Å². The Labute approximate surface area is 141 Å². The van der Waals surface area contributed by atoms with Crippen LogP contribution in [0.4, 0.5) is 0 Å². The summed E-state index contributed by atoms with van der Waals surface area (Å²) in [5.74, 6) is 0. The van der Waals surface area contributed by atoms with Crippen molar-refractivity contribution in [2.75, 3.05) is 19.7 Å². The smallest absolute Gasteiger partial charge is 0.0959 e. The highest BCUT2D eigenvalue weighted by atomic mass is 32.1. The number of nitrogens with zero attached hydrogens (tertiary/aromatic N) is 2. The van der Waals surface area contributed by atoms with Crippen molar-refractivity contribution in [2.24, 2.45) is 0 Å². The summed E-state index contributed by atoms with van der Waals surface area (Å²) < 4.78 is 12.2. The van der Waals surface area contributed by atoms with E-state index >= 15 is 0 Å². The van der Waals surface area contributed by atoms with Gasteiger partial charge in [0.2, 0.25) is 0 Å². The van der Waals surface area contributed by atoms with E-state index in [-0.39, 0.29) is 5.60 Å². The van der Waals surface area contributed by atoms with E-state index in [1.165, 1.54) is 11.1 Å². The summed E-state index contributed by atoms with van der Waals surface area (Å²) in [5, 5.41) is 4.37. The number of hydrogen-bond donors (Lipinski definition) is 0. The standard InChI is InChI=1S/C18H22N2O2S/c1-5-19-6-2-15(1)11-21-17-3-7-22-18(9-17)13-20(14-18)10-16-4-8-23-12-16/h1-2,4-6,8,12,17H,3,7,9-11,13-14H2. The number of hydrogen-bond acceptors (Lipinski definition) is 5. The second-order valence-electron chi connectivity index (χ2n) is 6.59. The Morgan fingerprint density at radius 2 is 2.13 bits per heavy atom. The van der Waals surface area contributed by atoms with Crippen LogP contribution in [-0.2, 0) is 22.6 Å². The lowest BCUT2D eigenvalue weighted by Crippen LogP contribution is -2.65. The van der Waals surface area contributed by atoms with E-state index in [2.05, 4.69) is 26.7 Å². The maximum absolute atomic E-state index is 6.12. The van der Waals surface area contributed by atoms with Crippen molar-refractivity contribution in [3.8, 4) is 0 Å². The first-order valence-corrected chi connectivity index (χ1v) is 9.14. The lowest BCUT2D eigenvalue weighted by atomic mass is 9.84. The molecule has 4 heterocycles. The third kappa shape index (κ3) is 3.63. The summed E-state index contributed by atoms with van der Waals surface area (Å²) >= 11 is 1.77. The molecule has 2 fully saturated rings. The van der Waals surface area contributed by atoms with Gasteiger partial charge in [-0.3, -0.25) is 9.88 Å². The van der Waals surface area contributed by atoms with Gasteiger partial charge >= 0.3 is 0 Å². The normalized spacial score (nSPS) is 23.7. The van der Waals surface area contributed by atoms with Crippen molar-refractivity contribution < 1.29 is 9.47 Å². The molecular weight excluding hydrogens is 308 g/mol. The number of thiophene rings is 1. The van der Waals surface area contributed by atoms with E-state index in [9.17, 15) is 0 Å². The molecule has 0 N–H and O–H groups in total. The first-order valence-electron chi connectivity index (χ1n) is 8.19. The van der Waals surface area contributed by atoms with E-state index < -0.39 is 0 Å². The first kappa shape index (κ1) is 15.3. The molecule has 2 aliphatic rings. The Morgan fingerprint density at radius 1 is 1.26 bits per heavy atom. The highest BCUT2D eigenvalue weighted by Gasteiger charge is 2.47. The Kier molecular flexibility index (Phi) is 4.44. The zero-order chi connectivity index (χ0) is 15.5. The minimum Gasteiger partial charge on any atom is -0.373 e. The first-order chi connectivity index (χ1) is 11.3. The lowest BCUT2D eigenvalue weighted by molar-refractivity contribution is -0.200. The fraction of sp³-hybridized carbons (Fsp3) is 0.500. The van der Waals surface area contributed by atoms with Crippen molar-refractivity contribution in [2.45, 2.75) is 37.7 Å². The summed E-state index contributed by atoms with van der Waals surface area (Å²) in [7, 11) is 0. The average Bonchev–Trinajstić information content (AvgIpc) is 3.06. The number of aromatic nitrogens is 1. The van der Waals surface area contributed by atoms with Crippen LogP contribution in [0, 0.1) is 0 Å². The van der Waals surface area contributed by atoms with Gasteiger partial charge in [0, 0.05) is 45.1 Å². The van der Waals surface area contributed by atoms with Crippen LogP contribution < -0.4 is 0 Å². The van der Waals surface area contributed by atoms with Crippen LogP contribution >= 0.6 is 11.3 Å². The fourth-order valence-corrected chi connectivity index (χ4v) is 4.22. The van der Waals surface area contributed by atoms with Crippen LogP contribution in [0.5, 0.6) is 0 Å². The van der Waals surface area contributed by atoms with Crippen LogP contribution in [0.1, 0.15) is 24.0 Å². The van der Waals surface area contributed by atoms with E-state index in [0.29, 0.717) is 12.7 Å². The quantitative estimate of drug-likeness (QED) is 0.844. The van der Waals surface area contributed by atoms with Crippen molar-refractivity contribution in [3.05, 3.63) is 52.5 Å². The minimum atomic E-state index is 0.0250. The molecule has 1 atom stereocenters. The number of rotatable bonds is 5. The van der Waals surface area contributed by atoms with Gasteiger partial charge in [0.05, 0.1) is 18.3 Å². The van der Waals surface area contributed by atoms with E-state index in [1.807, 2.05) is 24.5 Å². The van der Waals surface area contributed by atoms with Crippen LogP contribution in [0.15, 0.2) is 41.4 Å². The topological polar surface area (TPSA) is 34.6 Å². The molecule has 0 amide bonds. The predicted molar refractivity (Wildman–Crippen MR) is 90.3 cm³/mol. The monoisotopic (exact) mass is 330 g/mol. The summed E-state index contributed by atoms with van der Waals surface area (Å²) in [6, 6.07) is 6.24. The zero-order valence-corrected chi connectivity index (χ0v) is 14.0. The van der Waals surface area contributed by atoms with E-state index in [1.54, 1.807) is 11.3 Å². The van der Waals surface area contributed by atoms with Gasteiger partial charge in [-0.1, -0.05) is 0 Å². The molecule has 4 nitrogen and oxygen atoms in total. The van der Waals surface area contributed by atoms with Gasteiger partial charge in [0.15, 0.2) is 0 Å². The maximum atomic E-state index is 6.12. The number of likely N-dealkylation sites (tertiary alicyclic amines) is 1. The molecule has 5 heteroatoms. The van der Waals surface area contributed by atoms with Gasteiger partial charge in [-0.2, -0.15) is 11.3 Å². The molecule has 4 rings (SSSR count). The molecule has 2 aromatic heterocycles. The van der Waals surface area contributed by atoms with Crippen LogP contribution in [0.25, 0.3) is 0 Å². The molecule has 1 spiro atoms. The van der Waals surface area contributed by atoms with Crippen LogP contribution in [0.2, 0.25) is 0 Å². The molecule has 2 saturated heterocycles. The lowest BCUT2D eigenvalue weighted by Gasteiger charge is -2.53. The molecule has 2 aliphatic heterocycles. The maximum Gasteiger partial charge on any atom is 0.0959 e. The molecule has 0 saturated carbocycles. The molecule has 1 unspecified atom stereocenters. The Hall–Kier alpha value is -1.27. The summed E-state index contributed by atoms with van der Waals surface area (Å²) in [5.41, 5.74) is 2.62. The van der Waals surface area contributed by atoms with Gasteiger partial charge in [-0.05, 0) is 46.5 Å². The van der Waals surface area contributed by atoms with Crippen LogP contribution in [-0.4, -0.2) is 41.3 Å².